The molecule has 17 heavy (non-hydrogen) atoms. The van der Waals surface area contributed by atoms with Crippen LogP contribution >= 0.6 is 0 Å². The van der Waals surface area contributed by atoms with E-state index in [1.165, 1.54) is 25.3 Å². The van der Waals surface area contributed by atoms with E-state index in [-0.39, 0.29) is 11.4 Å². The van der Waals surface area contributed by atoms with E-state index in [4.69, 9.17) is 0 Å². The normalized spacial score (nSPS) is 15.1. The van der Waals surface area contributed by atoms with Gasteiger partial charge in [0, 0.05) is 5.54 Å². The van der Waals surface area contributed by atoms with Gasteiger partial charge in [-0.05, 0) is 44.6 Å². The summed E-state index contributed by atoms with van der Waals surface area (Å²) in [5.41, 5.74) is -0.142. The molecule has 2 atom stereocenters. The van der Waals surface area contributed by atoms with Crippen LogP contribution in [0.25, 0.3) is 0 Å². The zero-order valence-electron chi connectivity index (χ0n) is 12.2. The van der Waals surface area contributed by atoms with Crippen molar-refractivity contribution in [3.8, 4) is 0 Å². The summed E-state index contributed by atoms with van der Waals surface area (Å²) in [6.45, 7) is 14.5. The Hall–Kier alpha value is -0.790. The second kappa shape index (κ2) is 7.52. The molecule has 100 valence electrons. The Morgan fingerprint density at radius 3 is 2.41 bits per heavy atom. The molecule has 0 saturated carbocycles. The predicted molar refractivity (Wildman–Crippen MR) is 74.9 cm³/mol. The first-order valence-corrected chi connectivity index (χ1v) is 6.75. The molecule has 0 aliphatic rings. The van der Waals surface area contributed by atoms with Gasteiger partial charge >= 0.3 is 0 Å². The average Bonchev–Trinajstić information content (AvgIpc) is 2.15. The van der Waals surface area contributed by atoms with Crippen LogP contribution in [0.3, 0.4) is 0 Å². The number of carbonyl (C=O) groups excluding carboxylic acids is 1. The summed E-state index contributed by atoms with van der Waals surface area (Å²) in [6, 6.07) is 0. The molecule has 0 fully saturated rings. The number of amides is 1. The molecule has 0 aliphatic carbocycles. The molecule has 0 aromatic rings. The molecular weight excluding hydrogens is 210 g/mol. The molecule has 0 aromatic carbocycles. The maximum absolute atomic E-state index is 11.3. The van der Waals surface area contributed by atoms with Crippen molar-refractivity contribution in [3.05, 3.63) is 12.7 Å². The Morgan fingerprint density at radius 1 is 1.35 bits per heavy atom. The van der Waals surface area contributed by atoms with E-state index in [0.29, 0.717) is 5.92 Å². The van der Waals surface area contributed by atoms with Crippen LogP contribution in [0.1, 0.15) is 60.3 Å². The fourth-order valence-corrected chi connectivity index (χ4v) is 2.69. The molecule has 2 unspecified atom stereocenters. The lowest BCUT2D eigenvalue weighted by molar-refractivity contribution is -0.118. The molecule has 2 heteroatoms. The lowest BCUT2D eigenvalue weighted by Crippen LogP contribution is -2.43. The zero-order chi connectivity index (χ0) is 13.5. The first-order valence-electron chi connectivity index (χ1n) is 6.75. The topological polar surface area (TPSA) is 29.1 Å². The Morgan fingerprint density at radius 2 is 1.94 bits per heavy atom. The van der Waals surface area contributed by atoms with Crippen molar-refractivity contribution in [2.24, 2.45) is 11.8 Å². The van der Waals surface area contributed by atoms with Gasteiger partial charge in [0.2, 0.25) is 5.91 Å². The van der Waals surface area contributed by atoms with E-state index < -0.39 is 0 Å². The molecule has 0 aromatic heterocycles. The van der Waals surface area contributed by atoms with Crippen LogP contribution in [-0.4, -0.2) is 11.4 Å². The SMILES string of the molecule is C=CC(=O)NC(C)(C)CC(C)CC(C)CCC. The summed E-state index contributed by atoms with van der Waals surface area (Å²) in [7, 11) is 0. The standard InChI is InChI=1S/C15H29NO/c1-7-9-12(3)10-13(4)11-15(5,6)16-14(17)8-2/h8,12-13H,2,7,9-11H2,1,3-6H3,(H,16,17). The quantitative estimate of drug-likeness (QED) is 0.639. The van der Waals surface area contributed by atoms with E-state index in [1.807, 2.05) is 0 Å². The third-order valence-electron chi connectivity index (χ3n) is 3.09. The van der Waals surface area contributed by atoms with Gasteiger partial charge in [-0.15, -0.1) is 0 Å². The molecule has 0 saturated heterocycles. The Labute approximate surface area is 107 Å². The summed E-state index contributed by atoms with van der Waals surface area (Å²) in [6.07, 6.45) is 6.14. The van der Waals surface area contributed by atoms with Crippen molar-refractivity contribution in [1.82, 2.24) is 5.32 Å². The van der Waals surface area contributed by atoms with Crippen molar-refractivity contribution < 1.29 is 4.79 Å². The van der Waals surface area contributed by atoms with Crippen LogP contribution in [0.15, 0.2) is 12.7 Å². The second-order valence-corrected chi connectivity index (χ2v) is 6.02. The highest BCUT2D eigenvalue weighted by atomic mass is 16.1. The molecule has 1 amide bonds. The maximum atomic E-state index is 11.3. The smallest absolute Gasteiger partial charge is 0.243 e. The fourth-order valence-electron chi connectivity index (χ4n) is 2.69. The first kappa shape index (κ1) is 16.2. The molecule has 1 N–H and O–H groups in total. The van der Waals surface area contributed by atoms with Crippen LogP contribution < -0.4 is 5.32 Å². The van der Waals surface area contributed by atoms with Crippen molar-refractivity contribution in [2.45, 2.75) is 65.8 Å². The minimum absolute atomic E-state index is 0.0798. The van der Waals surface area contributed by atoms with E-state index in [2.05, 4.69) is 46.5 Å². The van der Waals surface area contributed by atoms with Gasteiger partial charge in [0.25, 0.3) is 0 Å². The van der Waals surface area contributed by atoms with Crippen LogP contribution in [0.4, 0.5) is 0 Å². The van der Waals surface area contributed by atoms with Crippen molar-refractivity contribution >= 4 is 5.91 Å². The van der Waals surface area contributed by atoms with Crippen molar-refractivity contribution in [1.29, 1.82) is 0 Å². The zero-order valence-corrected chi connectivity index (χ0v) is 12.2. The summed E-state index contributed by atoms with van der Waals surface area (Å²) < 4.78 is 0. The summed E-state index contributed by atoms with van der Waals surface area (Å²) in [5.74, 6) is 1.33. The van der Waals surface area contributed by atoms with Gasteiger partial charge in [-0.2, -0.15) is 0 Å². The monoisotopic (exact) mass is 239 g/mol. The first-order chi connectivity index (χ1) is 7.80. The van der Waals surface area contributed by atoms with Crippen LogP contribution in [-0.2, 0) is 4.79 Å². The van der Waals surface area contributed by atoms with E-state index >= 15 is 0 Å². The van der Waals surface area contributed by atoms with Crippen molar-refractivity contribution in [2.75, 3.05) is 0 Å². The lowest BCUT2D eigenvalue weighted by atomic mass is 9.85. The Kier molecular flexibility index (Phi) is 7.17. The molecule has 0 rings (SSSR count). The average molecular weight is 239 g/mol. The van der Waals surface area contributed by atoms with Crippen LogP contribution in [0.2, 0.25) is 0 Å². The van der Waals surface area contributed by atoms with E-state index in [9.17, 15) is 4.79 Å². The molecule has 2 nitrogen and oxygen atoms in total. The van der Waals surface area contributed by atoms with E-state index in [0.717, 1.165) is 12.3 Å². The number of nitrogens with one attached hydrogen (secondary N) is 1. The van der Waals surface area contributed by atoms with Gasteiger partial charge < -0.3 is 5.32 Å². The van der Waals surface area contributed by atoms with Crippen LogP contribution in [0.5, 0.6) is 0 Å². The number of hydrogen-bond donors (Lipinski definition) is 1. The Bertz CT molecular complexity index is 245. The molecule has 0 radical (unpaired) electrons. The predicted octanol–water partition coefficient (Wildman–Crippen LogP) is 3.92. The third kappa shape index (κ3) is 8.00. The second-order valence-electron chi connectivity index (χ2n) is 6.02. The van der Waals surface area contributed by atoms with E-state index in [1.54, 1.807) is 0 Å². The van der Waals surface area contributed by atoms with Gasteiger partial charge in [0.05, 0.1) is 0 Å². The Balaban J connectivity index is 4.12. The number of rotatable bonds is 8. The minimum Gasteiger partial charge on any atom is -0.348 e. The largest absolute Gasteiger partial charge is 0.348 e. The van der Waals surface area contributed by atoms with Gasteiger partial charge in [-0.3, -0.25) is 4.79 Å². The molecule has 0 bridgehead atoms. The maximum Gasteiger partial charge on any atom is 0.243 e. The van der Waals surface area contributed by atoms with Gasteiger partial charge in [-0.1, -0.05) is 40.2 Å². The summed E-state index contributed by atoms with van der Waals surface area (Å²) in [5, 5.41) is 2.99. The lowest BCUT2D eigenvalue weighted by Gasteiger charge is -2.30. The summed E-state index contributed by atoms with van der Waals surface area (Å²) >= 11 is 0. The molecule has 0 aliphatic heterocycles. The fraction of sp³-hybridized carbons (Fsp3) is 0.800. The number of carbonyl (C=O) groups is 1. The highest BCUT2D eigenvalue weighted by Crippen LogP contribution is 2.24. The third-order valence-corrected chi connectivity index (χ3v) is 3.09. The summed E-state index contributed by atoms with van der Waals surface area (Å²) in [4.78, 5) is 11.3. The highest BCUT2D eigenvalue weighted by molar-refractivity contribution is 5.87. The molecular formula is C15H29NO. The van der Waals surface area contributed by atoms with Crippen LogP contribution in [0, 0.1) is 11.8 Å². The van der Waals surface area contributed by atoms with Gasteiger partial charge in [0.1, 0.15) is 0 Å². The number of hydrogen-bond acceptors (Lipinski definition) is 1. The molecule has 0 spiro atoms. The van der Waals surface area contributed by atoms with Gasteiger partial charge in [-0.25, -0.2) is 0 Å². The highest BCUT2D eigenvalue weighted by Gasteiger charge is 2.22. The molecule has 0 heterocycles. The van der Waals surface area contributed by atoms with Gasteiger partial charge in [0.15, 0.2) is 0 Å². The van der Waals surface area contributed by atoms with Crippen molar-refractivity contribution in [3.63, 3.8) is 0 Å². The minimum atomic E-state index is -0.142.